The summed E-state index contributed by atoms with van der Waals surface area (Å²) < 4.78 is 0. The molecule has 4 nitrogen and oxygen atoms in total. The van der Waals surface area contributed by atoms with Crippen molar-refractivity contribution in [3.05, 3.63) is 45.8 Å². The fourth-order valence-electron chi connectivity index (χ4n) is 1.21. The minimum absolute atomic E-state index is 0.0000503. The highest BCUT2D eigenvalue weighted by Gasteiger charge is 2.02. The van der Waals surface area contributed by atoms with Crippen LogP contribution in [0, 0.1) is 11.8 Å². The largest absolute Gasteiger partial charge is 0.294 e. The number of azide groups is 1. The monoisotopic (exact) mass is 213 g/mol. The summed E-state index contributed by atoms with van der Waals surface area (Å²) in [5.41, 5.74) is 9.41. The van der Waals surface area contributed by atoms with E-state index in [0.717, 1.165) is 5.56 Å². The molecule has 1 aromatic carbocycles. The average molecular weight is 213 g/mol. The van der Waals surface area contributed by atoms with Crippen molar-refractivity contribution in [3.8, 4) is 11.8 Å². The van der Waals surface area contributed by atoms with Crippen LogP contribution in [0.4, 0.5) is 0 Å². The molecule has 0 unspecified atom stereocenters. The van der Waals surface area contributed by atoms with Gasteiger partial charge in [-0.05, 0) is 18.5 Å². The maximum absolute atomic E-state index is 11.3. The van der Waals surface area contributed by atoms with Gasteiger partial charge in [0.15, 0.2) is 5.78 Å². The molecule has 80 valence electrons. The lowest BCUT2D eigenvalue weighted by atomic mass is 10.0. The summed E-state index contributed by atoms with van der Waals surface area (Å²) in [7, 11) is 0. The van der Waals surface area contributed by atoms with Crippen LogP contribution in [0.3, 0.4) is 0 Å². The quantitative estimate of drug-likeness (QED) is 0.190. The number of hydrogen-bond donors (Lipinski definition) is 0. The van der Waals surface area contributed by atoms with Crippen molar-refractivity contribution in [1.29, 1.82) is 0 Å². The second-order valence-corrected chi connectivity index (χ2v) is 3.11. The fraction of sp³-hybridized carbons (Fsp3) is 0.250. The van der Waals surface area contributed by atoms with Crippen molar-refractivity contribution in [2.24, 2.45) is 5.11 Å². The Bertz CT molecular complexity index is 490. The number of ketones is 1. The Labute approximate surface area is 93.9 Å². The summed E-state index contributed by atoms with van der Waals surface area (Å²) in [4.78, 5) is 13.9. The van der Waals surface area contributed by atoms with Gasteiger partial charge in [-0.3, -0.25) is 4.79 Å². The predicted octanol–water partition coefficient (Wildman–Crippen LogP) is 2.94. The molecule has 0 N–H and O–H groups in total. The smallest absolute Gasteiger partial charge is 0.161 e. The standard InChI is InChI=1S/C12H11N3O/c1-10(16)12-8-3-2-6-11(12)7-4-5-9-14-15-13/h2-3,6,8H,5,9H2,1H3. The molecule has 0 aliphatic carbocycles. The summed E-state index contributed by atoms with van der Waals surface area (Å²) in [5.74, 6) is 5.76. The van der Waals surface area contributed by atoms with Crippen LogP contribution >= 0.6 is 0 Å². The first-order valence-corrected chi connectivity index (χ1v) is 4.85. The van der Waals surface area contributed by atoms with E-state index in [4.69, 9.17) is 5.53 Å². The van der Waals surface area contributed by atoms with Crippen molar-refractivity contribution < 1.29 is 4.79 Å². The second kappa shape index (κ2) is 6.28. The van der Waals surface area contributed by atoms with Crippen molar-refractivity contribution in [2.75, 3.05) is 6.54 Å². The van der Waals surface area contributed by atoms with Gasteiger partial charge in [-0.25, -0.2) is 0 Å². The van der Waals surface area contributed by atoms with E-state index in [0.29, 0.717) is 18.5 Å². The maximum atomic E-state index is 11.3. The highest BCUT2D eigenvalue weighted by molar-refractivity contribution is 5.96. The molecule has 0 radical (unpaired) electrons. The molecule has 1 aromatic rings. The number of carbonyl (C=O) groups excluding carboxylic acids is 1. The lowest BCUT2D eigenvalue weighted by Gasteiger charge is -1.97. The van der Waals surface area contributed by atoms with Gasteiger partial charge in [-0.1, -0.05) is 35.2 Å². The Hall–Kier alpha value is -2.24. The lowest BCUT2D eigenvalue weighted by molar-refractivity contribution is 0.101. The van der Waals surface area contributed by atoms with Crippen LogP contribution in [0.1, 0.15) is 29.3 Å². The van der Waals surface area contributed by atoms with E-state index in [1.807, 2.05) is 12.1 Å². The molecule has 0 fully saturated rings. The highest BCUT2D eigenvalue weighted by atomic mass is 16.1. The Kier molecular flexibility index (Phi) is 4.65. The van der Waals surface area contributed by atoms with Crippen LogP contribution in [0.25, 0.3) is 10.4 Å². The summed E-state index contributed by atoms with van der Waals surface area (Å²) in [6.07, 6.45) is 0.496. The molecule has 0 bridgehead atoms. The zero-order chi connectivity index (χ0) is 11.8. The molecule has 16 heavy (non-hydrogen) atoms. The van der Waals surface area contributed by atoms with Gasteiger partial charge in [-0.2, -0.15) is 0 Å². The van der Waals surface area contributed by atoms with Crippen molar-refractivity contribution in [3.63, 3.8) is 0 Å². The van der Waals surface area contributed by atoms with Crippen LogP contribution in [0.5, 0.6) is 0 Å². The number of carbonyl (C=O) groups is 1. The van der Waals surface area contributed by atoms with E-state index in [9.17, 15) is 4.79 Å². The molecule has 0 saturated heterocycles. The number of nitrogens with zero attached hydrogens (tertiary/aromatic N) is 3. The maximum Gasteiger partial charge on any atom is 0.161 e. The average Bonchev–Trinajstić information content (AvgIpc) is 2.29. The first kappa shape index (κ1) is 11.8. The van der Waals surface area contributed by atoms with Gasteiger partial charge < -0.3 is 0 Å². The third-order valence-electron chi connectivity index (χ3n) is 1.93. The van der Waals surface area contributed by atoms with Crippen LogP contribution in [-0.4, -0.2) is 12.3 Å². The summed E-state index contributed by atoms with van der Waals surface area (Å²) in [5, 5.41) is 3.37. The van der Waals surface area contributed by atoms with Gasteiger partial charge in [0.25, 0.3) is 0 Å². The lowest BCUT2D eigenvalue weighted by Crippen LogP contribution is -1.95. The van der Waals surface area contributed by atoms with Crippen molar-refractivity contribution >= 4 is 5.78 Å². The zero-order valence-corrected chi connectivity index (χ0v) is 8.97. The predicted molar refractivity (Wildman–Crippen MR) is 62.0 cm³/mol. The Balaban J connectivity index is 2.80. The van der Waals surface area contributed by atoms with Gasteiger partial charge in [0.1, 0.15) is 0 Å². The minimum atomic E-state index is -0.0000503. The number of Topliss-reactive ketones (excluding diaryl/α,β-unsaturated/α-hetero) is 1. The van der Waals surface area contributed by atoms with Crippen molar-refractivity contribution in [1.82, 2.24) is 0 Å². The van der Waals surface area contributed by atoms with Gasteiger partial charge in [0.05, 0.1) is 0 Å². The molecule has 0 aliphatic heterocycles. The van der Waals surface area contributed by atoms with E-state index in [1.165, 1.54) is 6.92 Å². The van der Waals surface area contributed by atoms with Crippen molar-refractivity contribution in [2.45, 2.75) is 13.3 Å². The normalized spacial score (nSPS) is 8.56. The molecule has 0 heterocycles. The van der Waals surface area contributed by atoms with Crippen LogP contribution < -0.4 is 0 Å². The van der Waals surface area contributed by atoms with E-state index in [-0.39, 0.29) is 5.78 Å². The van der Waals surface area contributed by atoms with E-state index in [1.54, 1.807) is 12.1 Å². The Morgan fingerprint density at radius 3 is 2.94 bits per heavy atom. The molecular formula is C12H11N3O. The summed E-state index contributed by atoms with van der Waals surface area (Å²) >= 11 is 0. The molecule has 0 saturated carbocycles. The van der Waals surface area contributed by atoms with Crippen LogP contribution in [0.2, 0.25) is 0 Å². The van der Waals surface area contributed by atoms with Gasteiger partial charge >= 0.3 is 0 Å². The molecule has 0 atom stereocenters. The van der Waals surface area contributed by atoms with E-state index in [2.05, 4.69) is 21.9 Å². The van der Waals surface area contributed by atoms with Crippen LogP contribution in [-0.2, 0) is 0 Å². The zero-order valence-electron chi connectivity index (χ0n) is 8.97. The Morgan fingerprint density at radius 1 is 1.50 bits per heavy atom. The van der Waals surface area contributed by atoms with E-state index >= 15 is 0 Å². The first-order valence-electron chi connectivity index (χ1n) is 4.85. The summed E-state index contributed by atoms with van der Waals surface area (Å²) in [6.45, 7) is 1.87. The fourth-order valence-corrected chi connectivity index (χ4v) is 1.21. The summed E-state index contributed by atoms with van der Waals surface area (Å²) in [6, 6.07) is 7.20. The van der Waals surface area contributed by atoms with E-state index < -0.39 is 0 Å². The SMILES string of the molecule is CC(=O)c1ccccc1C#CCCN=[N+]=[N-]. The molecule has 0 aromatic heterocycles. The topological polar surface area (TPSA) is 65.8 Å². The third-order valence-corrected chi connectivity index (χ3v) is 1.93. The molecule has 0 amide bonds. The van der Waals surface area contributed by atoms with Crippen LogP contribution in [0.15, 0.2) is 29.4 Å². The highest BCUT2D eigenvalue weighted by Crippen LogP contribution is 2.07. The second-order valence-electron chi connectivity index (χ2n) is 3.11. The molecule has 0 aliphatic rings. The minimum Gasteiger partial charge on any atom is -0.294 e. The molecule has 4 heteroatoms. The number of benzene rings is 1. The van der Waals surface area contributed by atoms with Gasteiger partial charge in [0, 0.05) is 29.0 Å². The first-order chi connectivity index (χ1) is 7.75. The number of rotatable bonds is 3. The molecule has 0 spiro atoms. The number of hydrogen-bond acceptors (Lipinski definition) is 2. The Morgan fingerprint density at radius 2 is 2.25 bits per heavy atom. The molecular weight excluding hydrogens is 202 g/mol. The van der Waals surface area contributed by atoms with Gasteiger partial charge in [-0.15, -0.1) is 0 Å². The van der Waals surface area contributed by atoms with Gasteiger partial charge in [0.2, 0.25) is 0 Å². The molecule has 1 rings (SSSR count). The third kappa shape index (κ3) is 3.49.